The average molecular weight is 312 g/mol. The summed E-state index contributed by atoms with van der Waals surface area (Å²) in [6.07, 6.45) is 1.43. The number of Topliss-reactive ketones (excluding diaryl/α,β-unsaturated/α-hetero) is 1. The summed E-state index contributed by atoms with van der Waals surface area (Å²) in [5.41, 5.74) is 0.156. The second-order valence-electron chi connectivity index (χ2n) is 5.44. The van der Waals surface area contributed by atoms with Crippen LogP contribution >= 0.6 is 0 Å². The number of carbonyl (C=O) groups is 1. The van der Waals surface area contributed by atoms with E-state index in [9.17, 15) is 14.4 Å². The lowest BCUT2D eigenvalue weighted by atomic mass is 10.1. The molecule has 1 unspecified atom stereocenters. The molecule has 0 N–H and O–H groups in total. The molecule has 2 aromatic heterocycles. The molecule has 0 amide bonds. The lowest BCUT2D eigenvalue weighted by molar-refractivity contribution is 0.0937. The van der Waals surface area contributed by atoms with E-state index in [1.807, 2.05) is 6.07 Å². The number of rotatable bonds is 3. The van der Waals surface area contributed by atoms with E-state index in [0.717, 1.165) is 4.57 Å². The molecule has 0 bridgehead atoms. The summed E-state index contributed by atoms with van der Waals surface area (Å²) < 4.78 is 3.83. The maximum absolute atomic E-state index is 12.6. The van der Waals surface area contributed by atoms with Crippen molar-refractivity contribution in [2.24, 2.45) is 14.1 Å². The minimum absolute atomic E-state index is 0.124. The molecule has 0 saturated carbocycles. The Balaban J connectivity index is 2.20. The number of aromatic nitrogens is 4. The Morgan fingerprint density at radius 1 is 1.09 bits per heavy atom. The molecule has 2 heterocycles. The summed E-state index contributed by atoms with van der Waals surface area (Å²) in [7, 11) is 2.95. The van der Waals surface area contributed by atoms with E-state index in [1.165, 1.54) is 22.5 Å². The molecule has 0 aliphatic rings. The van der Waals surface area contributed by atoms with Gasteiger partial charge in [-0.3, -0.25) is 18.7 Å². The van der Waals surface area contributed by atoms with Crippen molar-refractivity contribution in [3.63, 3.8) is 0 Å². The molecule has 0 aliphatic carbocycles. The van der Waals surface area contributed by atoms with Gasteiger partial charge in [-0.15, -0.1) is 0 Å². The summed E-state index contributed by atoms with van der Waals surface area (Å²) >= 11 is 0. The van der Waals surface area contributed by atoms with Crippen molar-refractivity contribution >= 4 is 16.9 Å². The van der Waals surface area contributed by atoms with Crippen LogP contribution in [0.25, 0.3) is 11.2 Å². The van der Waals surface area contributed by atoms with Crippen molar-refractivity contribution in [2.45, 2.75) is 13.0 Å². The fourth-order valence-electron chi connectivity index (χ4n) is 2.63. The van der Waals surface area contributed by atoms with Gasteiger partial charge in [0.2, 0.25) is 0 Å². The van der Waals surface area contributed by atoms with E-state index >= 15 is 0 Å². The third kappa shape index (κ3) is 2.21. The lowest BCUT2D eigenvalue weighted by Gasteiger charge is -2.13. The minimum atomic E-state index is -0.604. The van der Waals surface area contributed by atoms with Gasteiger partial charge in [-0.2, -0.15) is 0 Å². The fraction of sp³-hybridized carbons (Fsp3) is 0.250. The molecular formula is C16H16N4O3. The van der Waals surface area contributed by atoms with Gasteiger partial charge in [0.05, 0.1) is 12.4 Å². The maximum Gasteiger partial charge on any atom is 0.332 e. The van der Waals surface area contributed by atoms with Crippen molar-refractivity contribution in [3.8, 4) is 0 Å². The second kappa shape index (κ2) is 5.35. The number of fused-ring (bicyclic) bond motifs is 1. The number of imidazole rings is 1. The zero-order valence-corrected chi connectivity index (χ0v) is 13.1. The van der Waals surface area contributed by atoms with Gasteiger partial charge >= 0.3 is 5.69 Å². The summed E-state index contributed by atoms with van der Waals surface area (Å²) in [5, 5.41) is 0. The molecule has 118 valence electrons. The molecule has 1 atom stereocenters. The number of ketones is 1. The van der Waals surface area contributed by atoms with Crippen LogP contribution in [0.3, 0.4) is 0 Å². The first-order valence-corrected chi connectivity index (χ1v) is 7.15. The zero-order chi connectivity index (χ0) is 16.7. The van der Waals surface area contributed by atoms with Gasteiger partial charge in [0.25, 0.3) is 5.56 Å². The molecule has 7 heteroatoms. The molecule has 0 saturated heterocycles. The van der Waals surface area contributed by atoms with Gasteiger partial charge in [-0.1, -0.05) is 30.3 Å². The molecule has 23 heavy (non-hydrogen) atoms. The van der Waals surface area contributed by atoms with Crippen molar-refractivity contribution < 1.29 is 4.79 Å². The van der Waals surface area contributed by atoms with Crippen LogP contribution in [0.2, 0.25) is 0 Å². The number of benzene rings is 1. The first-order valence-electron chi connectivity index (χ1n) is 7.15. The summed E-state index contributed by atoms with van der Waals surface area (Å²) in [5.74, 6) is -0.124. The van der Waals surface area contributed by atoms with Crippen molar-refractivity contribution in [1.29, 1.82) is 0 Å². The van der Waals surface area contributed by atoms with E-state index in [4.69, 9.17) is 0 Å². The molecule has 0 radical (unpaired) electrons. The topological polar surface area (TPSA) is 78.9 Å². The van der Waals surface area contributed by atoms with Crippen LogP contribution in [-0.2, 0) is 14.1 Å². The highest BCUT2D eigenvalue weighted by Gasteiger charge is 2.22. The quantitative estimate of drug-likeness (QED) is 0.673. The predicted octanol–water partition coefficient (Wildman–Crippen LogP) is 0.878. The Morgan fingerprint density at radius 2 is 1.74 bits per heavy atom. The summed E-state index contributed by atoms with van der Waals surface area (Å²) in [6.45, 7) is 1.71. The van der Waals surface area contributed by atoms with Crippen LogP contribution in [0, 0.1) is 0 Å². The van der Waals surface area contributed by atoms with Gasteiger partial charge in [-0.05, 0) is 6.92 Å². The number of hydrogen-bond acceptors (Lipinski definition) is 4. The van der Waals surface area contributed by atoms with Crippen molar-refractivity contribution in [3.05, 3.63) is 63.1 Å². The highest BCUT2D eigenvalue weighted by molar-refractivity contribution is 5.99. The van der Waals surface area contributed by atoms with Crippen LogP contribution < -0.4 is 11.2 Å². The highest BCUT2D eigenvalue weighted by Crippen LogP contribution is 2.17. The van der Waals surface area contributed by atoms with E-state index < -0.39 is 17.3 Å². The maximum atomic E-state index is 12.6. The van der Waals surface area contributed by atoms with Crippen LogP contribution in [0.15, 0.2) is 46.2 Å². The first-order chi connectivity index (χ1) is 10.9. The van der Waals surface area contributed by atoms with E-state index in [0.29, 0.717) is 5.56 Å². The molecule has 0 aliphatic heterocycles. The number of nitrogens with zero attached hydrogens (tertiary/aromatic N) is 4. The number of carbonyl (C=O) groups excluding carboxylic acids is 1. The van der Waals surface area contributed by atoms with E-state index in [1.54, 1.807) is 38.2 Å². The Morgan fingerprint density at radius 3 is 2.39 bits per heavy atom. The summed E-state index contributed by atoms with van der Waals surface area (Å²) in [6, 6.07) is 8.26. The molecule has 3 aromatic rings. The molecule has 1 aromatic carbocycles. The lowest BCUT2D eigenvalue weighted by Crippen LogP contribution is -2.38. The van der Waals surface area contributed by atoms with Gasteiger partial charge < -0.3 is 4.57 Å². The first kappa shape index (κ1) is 15.0. The Labute approximate surface area is 131 Å². The molecular weight excluding hydrogens is 296 g/mol. The molecule has 0 spiro atoms. The third-order valence-electron chi connectivity index (χ3n) is 4.03. The molecule has 7 nitrogen and oxygen atoms in total. The van der Waals surface area contributed by atoms with Crippen molar-refractivity contribution in [2.75, 3.05) is 0 Å². The van der Waals surface area contributed by atoms with E-state index in [2.05, 4.69) is 4.98 Å². The zero-order valence-electron chi connectivity index (χ0n) is 13.1. The molecule has 3 rings (SSSR count). The van der Waals surface area contributed by atoms with Crippen molar-refractivity contribution in [1.82, 2.24) is 18.7 Å². The largest absolute Gasteiger partial charge is 0.332 e. The SMILES string of the molecule is CC(C(=O)c1ccccc1)n1cnc2c1c(=O)n(C)c(=O)n2C. The predicted molar refractivity (Wildman–Crippen MR) is 85.7 cm³/mol. The highest BCUT2D eigenvalue weighted by atomic mass is 16.2. The number of aryl methyl sites for hydroxylation is 1. The normalized spacial score (nSPS) is 12.5. The monoisotopic (exact) mass is 312 g/mol. The van der Waals surface area contributed by atoms with Gasteiger partial charge in [0.1, 0.15) is 0 Å². The standard InChI is InChI=1S/C16H16N4O3/c1-10(13(21)11-7-5-4-6-8-11)20-9-17-14-12(20)15(22)19(3)16(23)18(14)2/h4-10H,1-3H3. The van der Waals surface area contributed by atoms with Crippen LogP contribution in [0.1, 0.15) is 23.3 Å². The second-order valence-corrected chi connectivity index (χ2v) is 5.44. The fourth-order valence-corrected chi connectivity index (χ4v) is 2.63. The molecule has 0 fully saturated rings. The number of hydrogen-bond donors (Lipinski definition) is 0. The average Bonchev–Trinajstić information content (AvgIpc) is 3.02. The smallest absolute Gasteiger partial charge is 0.314 e. The van der Waals surface area contributed by atoms with Crippen LogP contribution in [0.5, 0.6) is 0 Å². The minimum Gasteiger partial charge on any atom is -0.314 e. The van der Waals surface area contributed by atoms with E-state index in [-0.39, 0.29) is 16.9 Å². The van der Waals surface area contributed by atoms with Crippen LogP contribution in [0.4, 0.5) is 0 Å². The Hall–Kier alpha value is -2.96. The van der Waals surface area contributed by atoms with Gasteiger partial charge in [-0.25, -0.2) is 9.78 Å². The summed E-state index contributed by atoms with van der Waals surface area (Å²) in [4.78, 5) is 41.1. The van der Waals surface area contributed by atoms with Crippen LogP contribution in [-0.4, -0.2) is 24.5 Å². The van der Waals surface area contributed by atoms with Gasteiger partial charge in [0.15, 0.2) is 16.9 Å². The Bertz CT molecular complexity index is 1010. The third-order valence-corrected chi connectivity index (χ3v) is 4.03. The Kier molecular flexibility index (Phi) is 3.48. The van der Waals surface area contributed by atoms with Gasteiger partial charge in [0, 0.05) is 19.7 Å².